The van der Waals surface area contributed by atoms with Gasteiger partial charge in [0.2, 0.25) is 0 Å². The highest BCUT2D eigenvalue weighted by molar-refractivity contribution is 7.20. The van der Waals surface area contributed by atoms with E-state index in [2.05, 4.69) is 5.32 Å². The monoisotopic (exact) mass is 279 g/mol. The molecule has 2 rings (SSSR count). The van der Waals surface area contributed by atoms with Gasteiger partial charge < -0.3 is 10.4 Å². The van der Waals surface area contributed by atoms with Crippen molar-refractivity contribution in [1.82, 2.24) is 5.32 Å². The van der Waals surface area contributed by atoms with Crippen LogP contribution in [0.15, 0.2) is 6.07 Å². The average molecular weight is 280 g/mol. The summed E-state index contributed by atoms with van der Waals surface area (Å²) in [6, 6.07) is 1.54. The molecule has 0 aliphatic heterocycles. The maximum atomic E-state index is 11.7. The largest absolute Gasteiger partial charge is 0.388 e. The number of carbonyl (C=O) groups excluding carboxylic acids is 1. The van der Waals surface area contributed by atoms with E-state index in [0.29, 0.717) is 14.2 Å². The summed E-state index contributed by atoms with van der Waals surface area (Å²) in [5.41, 5.74) is -0.346. The number of amides is 1. The first-order chi connectivity index (χ1) is 7.50. The van der Waals surface area contributed by atoms with Crippen LogP contribution in [0.3, 0.4) is 0 Å². The van der Waals surface area contributed by atoms with Gasteiger partial charge in [-0.3, -0.25) is 4.79 Å². The van der Waals surface area contributed by atoms with E-state index in [1.165, 1.54) is 6.07 Å². The molecule has 1 heterocycles. The van der Waals surface area contributed by atoms with Crippen LogP contribution in [-0.2, 0) is 0 Å². The van der Waals surface area contributed by atoms with Gasteiger partial charge in [-0.1, -0.05) is 23.2 Å². The molecule has 88 valence electrons. The fraction of sp³-hybridized carbons (Fsp3) is 0.500. The molecule has 1 fully saturated rings. The summed E-state index contributed by atoms with van der Waals surface area (Å²) in [5, 5.41) is 12.5. The maximum Gasteiger partial charge on any atom is 0.253 e. The molecule has 1 aromatic heterocycles. The van der Waals surface area contributed by atoms with Gasteiger partial charge in [-0.25, -0.2) is 0 Å². The van der Waals surface area contributed by atoms with Crippen molar-refractivity contribution in [2.45, 2.75) is 24.9 Å². The molecule has 0 radical (unpaired) electrons. The fourth-order valence-corrected chi connectivity index (χ4v) is 3.06. The zero-order chi connectivity index (χ0) is 11.8. The second kappa shape index (κ2) is 4.53. The molecule has 0 unspecified atom stereocenters. The van der Waals surface area contributed by atoms with Crippen LogP contribution in [0.5, 0.6) is 0 Å². The Morgan fingerprint density at radius 1 is 1.56 bits per heavy atom. The van der Waals surface area contributed by atoms with Crippen molar-refractivity contribution in [3.8, 4) is 0 Å². The van der Waals surface area contributed by atoms with Gasteiger partial charge in [0.15, 0.2) is 0 Å². The number of aliphatic hydroxyl groups is 1. The van der Waals surface area contributed by atoms with Gasteiger partial charge in [0.05, 0.1) is 15.5 Å². The van der Waals surface area contributed by atoms with Crippen molar-refractivity contribution in [1.29, 1.82) is 0 Å². The number of hydrogen-bond donors (Lipinski definition) is 2. The second-order valence-electron chi connectivity index (χ2n) is 4.00. The molecule has 1 saturated carbocycles. The van der Waals surface area contributed by atoms with Crippen molar-refractivity contribution < 1.29 is 9.90 Å². The lowest BCUT2D eigenvalue weighted by Crippen LogP contribution is -2.47. The number of carbonyl (C=O) groups is 1. The zero-order valence-electron chi connectivity index (χ0n) is 8.43. The van der Waals surface area contributed by atoms with E-state index >= 15 is 0 Å². The molecule has 2 N–H and O–H groups in total. The number of halogens is 2. The molecule has 16 heavy (non-hydrogen) atoms. The van der Waals surface area contributed by atoms with Gasteiger partial charge in [0.1, 0.15) is 4.34 Å². The summed E-state index contributed by atoms with van der Waals surface area (Å²) in [6.07, 6.45) is 2.49. The molecule has 0 bridgehead atoms. The minimum atomic E-state index is -0.720. The molecule has 1 aliphatic carbocycles. The van der Waals surface area contributed by atoms with E-state index in [-0.39, 0.29) is 12.5 Å². The number of nitrogens with one attached hydrogen (secondary N) is 1. The van der Waals surface area contributed by atoms with Crippen LogP contribution in [0.4, 0.5) is 0 Å². The van der Waals surface area contributed by atoms with E-state index in [4.69, 9.17) is 23.2 Å². The Kier molecular flexibility index (Phi) is 3.45. The normalized spacial score (nSPS) is 17.9. The van der Waals surface area contributed by atoms with Crippen molar-refractivity contribution >= 4 is 40.4 Å². The summed E-state index contributed by atoms with van der Waals surface area (Å²) in [6.45, 7) is 0.273. The minimum absolute atomic E-state index is 0.273. The molecule has 0 atom stereocenters. The fourth-order valence-electron chi connectivity index (χ4n) is 1.60. The maximum absolute atomic E-state index is 11.7. The van der Waals surface area contributed by atoms with E-state index in [9.17, 15) is 9.90 Å². The molecule has 3 nitrogen and oxygen atoms in total. The van der Waals surface area contributed by atoms with Crippen LogP contribution in [0, 0.1) is 0 Å². The summed E-state index contributed by atoms with van der Waals surface area (Å²) in [5.74, 6) is -0.284. The van der Waals surface area contributed by atoms with E-state index in [1.807, 2.05) is 0 Å². The number of hydrogen-bond acceptors (Lipinski definition) is 3. The quantitative estimate of drug-likeness (QED) is 0.894. The summed E-state index contributed by atoms with van der Waals surface area (Å²) in [7, 11) is 0. The lowest BCUT2D eigenvalue weighted by atomic mass is 9.80. The van der Waals surface area contributed by atoms with Crippen LogP contribution in [0.1, 0.15) is 29.6 Å². The lowest BCUT2D eigenvalue weighted by molar-refractivity contribution is -0.0300. The molecule has 0 spiro atoms. The third-order valence-corrected chi connectivity index (χ3v) is 4.25. The molecule has 0 saturated heterocycles. The highest BCUT2D eigenvalue weighted by Gasteiger charge is 2.34. The molecular formula is C10H11Cl2NO2S. The number of rotatable bonds is 3. The predicted molar refractivity (Wildman–Crippen MR) is 65.5 cm³/mol. The first-order valence-corrected chi connectivity index (χ1v) is 6.53. The molecule has 1 aromatic rings. The summed E-state index contributed by atoms with van der Waals surface area (Å²) >= 11 is 12.7. The van der Waals surface area contributed by atoms with Gasteiger partial charge in [-0.05, 0) is 25.3 Å². The highest BCUT2D eigenvalue weighted by Crippen LogP contribution is 2.32. The van der Waals surface area contributed by atoms with Crippen LogP contribution in [-0.4, -0.2) is 23.2 Å². The Balaban J connectivity index is 1.95. The highest BCUT2D eigenvalue weighted by atomic mass is 35.5. The van der Waals surface area contributed by atoms with Crippen LogP contribution in [0.25, 0.3) is 0 Å². The topological polar surface area (TPSA) is 49.3 Å². The molecule has 6 heteroatoms. The van der Waals surface area contributed by atoms with E-state index in [0.717, 1.165) is 30.6 Å². The Morgan fingerprint density at radius 2 is 2.25 bits per heavy atom. The standard InChI is InChI=1S/C10H11Cl2NO2S/c11-7-4-6(8(12)16-7)9(14)13-5-10(15)2-1-3-10/h4,15H,1-3,5H2,(H,13,14). The Hall–Kier alpha value is -0.290. The lowest BCUT2D eigenvalue weighted by Gasteiger charge is -2.36. The van der Waals surface area contributed by atoms with Gasteiger partial charge in [-0.15, -0.1) is 11.3 Å². The molecular weight excluding hydrogens is 269 g/mol. The van der Waals surface area contributed by atoms with Gasteiger partial charge >= 0.3 is 0 Å². The van der Waals surface area contributed by atoms with Crippen LogP contribution >= 0.6 is 34.5 Å². The minimum Gasteiger partial charge on any atom is -0.388 e. The zero-order valence-corrected chi connectivity index (χ0v) is 10.8. The average Bonchev–Trinajstić information content (AvgIpc) is 2.51. The Labute approximate surface area is 107 Å². The van der Waals surface area contributed by atoms with Crippen LogP contribution < -0.4 is 5.32 Å². The van der Waals surface area contributed by atoms with Crippen molar-refractivity contribution in [2.24, 2.45) is 0 Å². The molecule has 1 aliphatic rings. The van der Waals surface area contributed by atoms with Gasteiger partial charge in [0, 0.05) is 6.54 Å². The third kappa shape index (κ3) is 2.51. The third-order valence-electron chi connectivity index (χ3n) is 2.76. The second-order valence-corrected chi connectivity index (χ2v) is 6.28. The van der Waals surface area contributed by atoms with E-state index in [1.54, 1.807) is 0 Å². The number of thiophene rings is 1. The summed E-state index contributed by atoms with van der Waals surface area (Å²) in [4.78, 5) is 11.7. The molecule has 0 aromatic carbocycles. The SMILES string of the molecule is O=C(NCC1(O)CCC1)c1cc(Cl)sc1Cl. The van der Waals surface area contributed by atoms with Crippen molar-refractivity contribution in [3.05, 3.63) is 20.3 Å². The first-order valence-electron chi connectivity index (χ1n) is 4.96. The smallest absolute Gasteiger partial charge is 0.253 e. The predicted octanol–water partition coefficient (Wildman–Crippen LogP) is 2.70. The van der Waals surface area contributed by atoms with Crippen LogP contribution in [0.2, 0.25) is 8.67 Å². The van der Waals surface area contributed by atoms with E-state index < -0.39 is 5.60 Å². The molecule has 1 amide bonds. The Morgan fingerprint density at radius 3 is 2.69 bits per heavy atom. The Bertz CT molecular complexity index is 415. The van der Waals surface area contributed by atoms with Crippen molar-refractivity contribution in [3.63, 3.8) is 0 Å². The van der Waals surface area contributed by atoms with Gasteiger partial charge in [0.25, 0.3) is 5.91 Å². The van der Waals surface area contributed by atoms with Gasteiger partial charge in [-0.2, -0.15) is 0 Å². The van der Waals surface area contributed by atoms with Crippen molar-refractivity contribution in [2.75, 3.05) is 6.54 Å². The summed E-state index contributed by atoms with van der Waals surface area (Å²) < 4.78 is 0.862. The first kappa shape index (κ1) is 12.2.